The first-order valence-electron chi connectivity index (χ1n) is 36.9. The summed E-state index contributed by atoms with van der Waals surface area (Å²) >= 11 is 0. The van der Waals surface area contributed by atoms with E-state index in [-0.39, 0.29) is 184 Å². The lowest BCUT2D eigenvalue weighted by molar-refractivity contribution is -0.145. The summed E-state index contributed by atoms with van der Waals surface area (Å²) in [7, 11) is 0. The average molecular weight is 1460 g/mol. The fraction of sp³-hybridized carbons (Fsp3) is 0.767. The standard InChI is InChI=1S/C73H121N7O23/c1-51(81)58(52(2)82)29-32-62(85)53(26-33-64(87)73(3,4)46-63(86)59(74)45-55-47-75-50-78-55)22-19-20-36-76-65(88)35-31-61(72(98)99)80-67(90)34-27-54(70(94)95)44-57(84)48-102-42-41-101-39-37-77-68(91)49-103-43-40-100-38-21-23-56(83)28-30-60(71(96)97)79-66(89)24-17-15-13-11-9-7-5-6-8-10-12-14-16-18-25-69(92)93/h47,50-51,53-54,58-61,81H,5-46,48-49,74H2,1-4H3,(H,75,78)(H,76,88)(H,77,91)(H,79,89)(H,80,90)(H,92,93)(H,94,95)(H,96,97)(H,98,99)/t51-,53-,54-,58+,59+,60+,61+/m1/s1. The van der Waals surface area contributed by atoms with Gasteiger partial charge >= 0.3 is 23.9 Å². The quantitative estimate of drug-likeness (QED) is 0.0312. The van der Waals surface area contributed by atoms with Crippen LogP contribution in [0.15, 0.2) is 12.5 Å². The molecule has 0 saturated carbocycles. The van der Waals surface area contributed by atoms with E-state index in [0.29, 0.717) is 37.8 Å². The second-order valence-corrected chi connectivity index (χ2v) is 27.4. The van der Waals surface area contributed by atoms with Crippen LogP contribution in [0, 0.1) is 23.2 Å². The molecule has 0 aliphatic heterocycles. The molecule has 586 valence electrons. The zero-order valence-corrected chi connectivity index (χ0v) is 61.4. The first-order valence-corrected chi connectivity index (χ1v) is 36.9. The predicted octanol–water partition coefficient (Wildman–Crippen LogP) is 6.45. The maximum atomic E-state index is 13.6. The Bertz CT molecular complexity index is 2710. The van der Waals surface area contributed by atoms with Crippen molar-refractivity contribution in [2.75, 3.05) is 65.9 Å². The number of amides is 4. The molecule has 0 aliphatic rings. The van der Waals surface area contributed by atoms with Crippen LogP contribution in [0.1, 0.15) is 245 Å². The van der Waals surface area contributed by atoms with E-state index in [9.17, 15) is 87.5 Å². The molecule has 0 fully saturated rings. The van der Waals surface area contributed by atoms with E-state index in [1.165, 1.54) is 52.3 Å². The third-order valence-corrected chi connectivity index (χ3v) is 17.8. The highest BCUT2D eigenvalue weighted by Gasteiger charge is 2.34. The number of unbranched alkanes of at least 4 members (excludes halogenated alkanes) is 14. The monoisotopic (exact) mass is 1460 g/mol. The van der Waals surface area contributed by atoms with Gasteiger partial charge in [-0.15, -0.1) is 0 Å². The van der Waals surface area contributed by atoms with Gasteiger partial charge in [0.15, 0.2) is 11.6 Å². The van der Waals surface area contributed by atoms with Crippen molar-refractivity contribution in [1.82, 2.24) is 31.2 Å². The first-order chi connectivity index (χ1) is 49.0. The van der Waals surface area contributed by atoms with Crippen molar-refractivity contribution >= 4 is 82.2 Å². The van der Waals surface area contributed by atoms with E-state index >= 15 is 0 Å². The molecule has 7 atom stereocenters. The number of aliphatic carboxylic acids is 4. The normalized spacial score (nSPS) is 13.5. The highest BCUT2D eigenvalue weighted by Crippen LogP contribution is 2.29. The molecule has 0 bridgehead atoms. The van der Waals surface area contributed by atoms with Gasteiger partial charge in [-0.2, -0.15) is 0 Å². The molecule has 103 heavy (non-hydrogen) atoms. The SMILES string of the molecule is CC(=O)[C@@H](CCC(=O)[C@H](CCCCNC(=O)CC[C@H](NC(=O)CC[C@H](CC(=O)COCCOCCNC(=O)COCCOCCCC(=O)CC[C@H](NC(=O)CCCCCCCCCCCCCCCCC(=O)O)C(=O)O)C(=O)O)C(=O)O)CCC(=O)C(C)(C)CC(=O)[C@@H](N)Cc1cnc[nH]1)[C@@H](C)O. The number of imidazole rings is 1. The number of nitrogens with one attached hydrogen (secondary N) is 5. The first kappa shape index (κ1) is 93.8. The van der Waals surface area contributed by atoms with Crippen LogP contribution in [-0.2, 0) is 92.5 Å². The lowest BCUT2D eigenvalue weighted by Crippen LogP contribution is -2.42. The highest BCUT2D eigenvalue weighted by atomic mass is 16.5. The molecule has 0 aromatic carbocycles. The van der Waals surface area contributed by atoms with Crippen LogP contribution in [0.4, 0.5) is 0 Å². The molecule has 1 aromatic rings. The summed E-state index contributed by atoms with van der Waals surface area (Å²) in [5, 5.41) is 58.1. The Balaban J connectivity index is 2.27. The van der Waals surface area contributed by atoms with Gasteiger partial charge in [0.05, 0.1) is 57.4 Å². The van der Waals surface area contributed by atoms with Gasteiger partial charge in [0, 0.05) is 119 Å². The van der Waals surface area contributed by atoms with Gasteiger partial charge in [-0.1, -0.05) is 97.3 Å². The third-order valence-electron chi connectivity index (χ3n) is 17.8. The molecule has 1 heterocycles. The van der Waals surface area contributed by atoms with Crippen LogP contribution in [0.2, 0.25) is 0 Å². The van der Waals surface area contributed by atoms with Crippen molar-refractivity contribution in [2.45, 2.75) is 270 Å². The third kappa shape index (κ3) is 49.2. The van der Waals surface area contributed by atoms with Gasteiger partial charge in [-0.25, -0.2) is 14.6 Å². The maximum Gasteiger partial charge on any atom is 0.326 e. The Hall–Kier alpha value is -7.25. The van der Waals surface area contributed by atoms with Gasteiger partial charge < -0.3 is 76.5 Å². The summed E-state index contributed by atoms with van der Waals surface area (Å²) in [6.07, 6.45) is 17.6. The highest BCUT2D eigenvalue weighted by molar-refractivity contribution is 5.93. The van der Waals surface area contributed by atoms with E-state index in [4.69, 9.17) is 29.8 Å². The number of Topliss-reactive ketones (excluding diaryl/α,β-unsaturated/α-hetero) is 6. The number of carboxylic acid groups (broad SMARTS) is 4. The number of H-pyrrole nitrogens is 1. The van der Waals surface area contributed by atoms with E-state index < -0.39 is 114 Å². The predicted molar refractivity (Wildman–Crippen MR) is 378 cm³/mol. The van der Waals surface area contributed by atoms with Crippen molar-refractivity contribution in [3.05, 3.63) is 18.2 Å². The molecule has 30 nitrogen and oxygen atoms in total. The largest absolute Gasteiger partial charge is 0.481 e. The Morgan fingerprint density at radius 3 is 1.57 bits per heavy atom. The smallest absolute Gasteiger partial charge is 0.326 e. The summed E-state index contributed by atoms with van der Waals surface area (Å²) in [5.74, 6) is -11.2. The number of aromatic nitrogens is 2. The van der Waals surface area contributed by atoms with Crippen molar-refractivity contribution in [3.8, 4) is 0 Å². The number of aliphatic hydroxyl groups excluding tert-OH is 1. The number of aromatic amines is 1. The van der Waals surface area contributed by atoms with Crippen molar-refractivity contribution < 1.29 is 112 Å². The van der Waals surface area contributed by atoms with E-state index in [2.05, 4.69) is 31.2 Å². The summed E-state index contributed by atoms with van der Waals surface area (Å²) in [5.41, 5.74) is 5.73. The van der Waals surface area contributed by atoms with Gasteiger partial charge in [-0.05, 0) is 78.1 Å². The van der Waals surface area contributed by atoms with Gasteiger partial charge in [-0.3, -0.25) is 57.5 Å². The number of ether oxygens (including phenoxy) is 4. The van der Waals surface area contributed by atoms with Crippen molar-refractivity contribution in [3.63, 3.8) is 0 Å². The summed E-state index contributed by atoms with van der Waals surface area (Å²) in [6, 6.07) is -3.50. The zero-order valence-electron chi connectivity index (χ0n) is 61.4. The van der Waals surface area contributed by atoms with Crippen molar-refractivity contribution in [2.24, 2.45) is 28.9 Å². The second-order valence-electron chi connectivity index (χ2n) is 27.4. The van der Waals surface area contributed by atoms with Crippen LogP contribution in [0.5, 0.6) is 0 Å². The number of nitrogens with zero attached hydrogens (tertiary/aromatic N) is 1. The van der Waals surface area contributed by atoms with Crippen LogP contribution in [-0.4, -0.2) is 208 Å². The molecular formula is C73H121N7O23. The topological polar surface area (TPSA) is 480 Å². The average Bonchev–Trinajstić information content (AvgIpc) is 1.42. The minimum atomic E-state index is -1.49. The number of carboxylic acids is 4. The fourth-order valence-electron chi connectivity index (χ4n) is 11.5. The molecule has 0 aliphatic carbocycles. The Morgan fingerprint density at radius 2 is 1.02 bits per heavy atom. The number of rotatable bonds is 70. The molecular weight excluding hydrogens is 1340 g/mol. The lowest BCUT2D eigenvalue weighted by atomic mass is 9.78. The van der Waals surface area contributed by atoms with Crippen LogP contribution >= 0.6 is 0 Å². The molecule has 30 heteroatoms. The molecule has 0 saturated heterocycles. The molecule has 0 spiro atoms. The Labute approximate surface area is 606 Å². The number of carbonyl (C=O) groups excluding carboxylic acids is 10. The van der Waals surface area contributed by atoms with E-state index in [1.54, 1.807) is 20.0 Å². The minimum absolute atomic E-state index is 0.00651. The number of carbonyl (C=O) groups is 14. The molecule has 0 radical (unpaired) electrons. The summed E-state index contributed by atoms with van der Waals surface area (Å²) < 4.78 is 21.5. The number of ketones is 6. The number of hydrogen-bond donors (Lipinski definition) is 11. The van der Waals surface area contributed by atoms with E-state index in [0.717, 1.165) is 51.4 Å². The number of nitrogens with two attached hydrogens (primary N) is 1. The Morgan fingerprint density at radius 1 is 0.495 bits per heavy atom. The van der Waals surface area contributed by atoms with Crippen LogP contribution in [0.3, 0.4) is 0 Å². The summed E-state index contributed by atoms with van der Waals surface area (Å²) in [4.78, 5) is 181. The van der Waals surface area contributed by atoms with Crippen molar-refractivity contribution in [1.29, 1.82) is 0 Å². The van der Waals surface area contributed by atoms with Gasteiger partial charge in [0.25, 0.3) is 0 Å². The van der Waals surface area contributed by atoms with Crippen LogP contribution < -0.4 is 27.0 Å². The lowest BCUT2D eigenvalue weighted by Gasteiger charge is -2.25. The second kappa shape index (κ2) is 57.1. The van der Waals surface area contributed by atoms with Crippen LogP contribution in [0.25, 0.3) is 0 Å². The summed E-state index contributed by atoms with van der Waals surface area (Å²) in [6.45, 7) is 6.31. The molecule has 1 rings (SSSR count). The molecule has 1 aromatic heterocycles. The molecule has 0 unspecified atom stereocenters. The molecule has 4 amide bonds. The van der Waals surface area contributed by atoms with Gasteiger partial charge in [0.1, 0.15) is 48.4 Å². The Kier molecular flexibility index (Phi) is 52.0. The minimum Gasteiger partial charge on any atom is -0.481 e. The van der Waals surface area contributed by atoms with E-state index in [1.807, 2.05) is 0 Å². The number of aliphatic hydroxyl groups is 1. The van der Waals surface area contributed by atoms with Gasteiger partial charge in [0.2, 0.25) is 23.6 Å². The maximum absolute atomic E-state index is 13.6. The number of hydrogen-bond acceptors (Lipinski definition) is 21. The zero-order chi connectivity index (χ0) is 76.8. The molecule has 12 N–H and O–H groups in total. The fourth-order valence-corrected chi connectivity index (χ4v) is 11.5.